The number of carbonyl (C=O) groups is 1. The number of nitrogens with zero attached hydrogens (tertiary/aromatic N) is 3. The fourth-order valence-electron chi connectivity index (χ4n) is 3.30. The number of benzene rings is 1. The van der Waals surface area contributed by atoms with Gasteiger partial charge in [-0.15, -0.1) is 6.42 Å². The quantitative estimate of drug-likeness (QED) is 0.316. The Morgan fingerprint density at radius 3 is 2.74 bits per heavy atom. The number of hydrogen-bond donors (Lipinski definition) is 2. The molecule has 0 saturated carbocycles. The van der Waals surface area contributed by atoms with Crippen LogP contribution in [0.5, 0.6) is 0 Å². The lowest BCUT2D eigenvalue weighted by molar-refractivity contribution is -0.141. The van der Waals surface area contributed by atoms with Gasteiger partial charge in [-0.3, -0.25) is 9.48 Å². The highest BCUT2D eigenvalue weighted by Crippen LogP contribution is 2.28. The van der Waals surface area contributed by atoms with Gasteiger partial charge in [0.25, 0.3) is 5.91 Å². The Balaban J connectivity index is 1.76. The van der Waals surface area contributed by atoms with Crippen molar-refractivity contribution in [1.82, 2.24) is 14.8 Å². The molecule has 0 spiro atoms. The first-order chi connectivity index (χ1) is 16.7. The number of alkyl halides is 3. The van der Waals surface area contributed by atoms with Crippen LogP contribution >= 0.6 is 0 Å². The lowest BCUT2D eigenvalue weighted by atomic mass is 10.0. The van der Waals surface area contributed by atoms with Crippen molar-refractivity contribution in [1.29, 1.82) is 0 Å². The third-order valence-corrected chi connectivity index (χ3v) is 4.83. The second-order valence-electron chi connectivity index (χ2n) is 7.74. The number of amides is 1. The molecule has 3 rings (SSSR count). The minimum atomic E-state index is -4.67. The van der Waals surface area contributed by atoms with Gasteiger partial charge < -0.3 is 19.9 Å². The number of aliphatic hydroxyl groups excluding tert-OH is 1. The molecule has 2 heterocycles. The number of hydrogen-bond acceptors (Lipinski definition) is 6. The number of aromatic nitrogens is 3. The molecular weight excluding hydrogens is 465 g/mol. The van der Waals surface area contributed by atoms with E-state index < -0.39 is 23.9 Å². The molecule has 186 valence electrons. The van der Waals surface area contributed by atoms with Gasteiger partial charge in [-0.05, 0) is 36.8 Å². The normalized spacial score (nSPS) is 12.5. The molecule has 8 nitrogen and oxygen atoms in total. The molecule has 2 N–H and O–H groups in total. The molecule has 2 aromatic heterocycles. The van der Waals surface area contributed by atoms with Crippen LogP contribution in [-0.2, 0) is 28.6 Å². The Labute approximate surface area is 200 Å². The number of ether oxygens (including phenoxy) is 2. The van der Waals surface area contributed by atoms with E-state index in [9.17, 15) is 23.1 Å². The Kier molecular flexibility index (Phi) is 8.81. The zero-order chi connectivity index (χ0) is 25.4. The van der Waals surface area contributed by atoms with E-state index in [2.05, 4.69) is 21.3 Å². The number of pyridine rings is 1. The van der Waals surface area contributed by atoms with Crippen molar-refractivity contribution in [3.63, 3.8) is 0 Å². The van der Waals surface area contributed by atoms with Gasteiger partial charge in [-0.25, -0.2) is 4.98 Å². The molecule has 11 heteroatoms. The van der Waals surface area contributed by atoms with E-state index in [1.807, 2.05) is 0 Å². The molecule has 1 aromatic carbocycles. The molecule has 1 amide bonds. The average molecular weight is 490 g/mol. The Morgan fingerprint density at radius 2 is 2.03 bits per heavy atom. The average Bonchev–Trinajstić information content (AvgIpc) is 3.19. The molecule has 1 atom stereocenters. The van der Waals surface area contributed by atoms with Crippen LogP contribution < -0.4 is 5.32 Å². The maximum Gasteiger partial charge on any atom is 0.433 e. The third kappa shape index (κ3) is 7.51. The second kappa shape index (κ2) is 11.8. The summed E-state index contributed by atoms with van der Waals surface area (Å²) in [7, 11) is 0. The first-order valence-electron chi connectivity index (χ1n) is 10.8. The lowest BCUT2D eigenvalue weighted by Crippen LogP contribution is -2.18. The summed E-state index contributed by atoms with van der Waals surface area (Å²) in [4.78, 5) is 16.1. The molecule has 3 aromatic rings. The monoisotopic (exact) mass is 490 g/mol. The Morgan fingerprint density at radius 1 is 1.26 bits per heavy atom. The highest BCUT2D eigenvalue weighted by Gasteiger charge is 2.33. The topological polar surface area (TPSA) is 98.5 Å². The lowest BCUT2D eigenvalue weighted by Gasteiger charge is -2.13. The third-order valence-electron chi connectivity index (χ3n) is 4.83. The summed E-state index contributed by atoms with van der Waals surface area (Å²) in [5.74, 6) is 1.57. The zero-order valence-electron chi connectivity index (χ0n) is 19.0. The molecule has 0 saturated heterocycles. The standard InChI is InChI=1S/C24H25F3N4O4/c1-3-8-34-10-11-35-9-7-31-15-18-14-20(17(12-16(2)32)13-21(18)30-31)29-23(33)19-5-4-6-22(28-19)24(25,26)27/h1,4-6,13-16,32H,7-12H2,2H3,(H,29,33). The highest BCUT2D eigenvalue weighted by molar-refractivity contribution is 6.04. The number of aliphatic hydroxyl groups is 1. The summed E-state index contributed by atoms with van der Waals surface area (Å²) < 4.78 is 51.2. The highest BCUT2D eigenvalue weighted by atomic mass is 19.4. The first-order valence-corrected chi connectivity index (χ1v) is 10.8. The van der Waals surface area contributed by atoms with Crippen molar-refractivity contribution in [3.05, 3.63) is 53.5 Å². The fourth-order valence-corrected chi connectivity index (χ4v) is 3.30. The predicted octanol–water partition coefficient (Wildman–Crippen LogP) is 3.29. The number of anilines is 1. The van der Waals surface area contributed by atoms with Gasteiger partial charge in [0.1, 0.15) is 18.0 Å². The summed E-state index contributed by atoms with van der Waals surface area (Å²) >= 11 is 0. The maximum absolute atomic E-state index is 13.0. The predicted molar refractivity (Wildman–Crippen MR) is 123 cm³/mol. The van der Waals surface area contributed by atoms with Crippen molar-refractivity contribution in [2.24, 2.45) is 0 Å². The van der Waals surface area contributed by atoms with Gasteiger partial charge in [0, 0.05) is 23.7 Å². The van der Waals surface area contributed by atoms with Crippen LogP contribution in [0.25, 0.3) is 10.9 Å². The van der Waals surface area contributed by atoms with Gasteiger partial charge in [0.05, 0.1) is 38.0 Å². The van der Waals surface area contributed by atoms with E-state index in [1.165, 1.54) is 6.07 Å². The van der Waals surface area contributed by atoms with Crippen LogP contribution in [0.1, 0.15) is 28.7 Å². The summed E-state index contributed by atoms with van der Waals surface area (Å²) in [6.45, 7) is 3.45. The molecular formula is C24H25F3N4O4. The van der Waals surface area contributed by atoms with Crippen LogP contribution in [0.2, 0.25) is 0 Å². The van der Waals surface area contributed by atoms with Gasteiger partial charge in [-0.1, -0.05) is 12.0 Å². The molecule has 1 unspecified atom stereocenters. The summed E-state index contributed by atoms with van der Waals surface area (Å²) in [6.07, 6.45) is 1.68. The summed E-state index contributed by atoms with van der Waals surface area (Å²) in [5, 5.41) is 17.7. The molecule has 0 aliphatic carbocycles. The molecule has 0 aliphatic rings. The van der Waals surface area contributed by atoms with Gasteiger partial charge in [-0.2, -0.15) is 18.3 Å². The van der Waals surface area contributed by atoms with Gasteiger partial charge in [0.15, 0.2) is 0 Å². The van der Waals surface area contributed by atoms with E-state index in [0.29, 0.717) is 48.5 Å². The minimum absolute atomic E-state index is 0.204. The van der Waals surface area contributed by atoms with Crippen LogP contribution in [0.15, 0.2) is 36.5 Å². The van der Waals surface area contributed by atoms with Crippen LogP contribution in [-0.4, -0.2) is 58.3 Å². The van der Waals surface area contributed by atoms with E-state index in [1.54, 1.807) is 29.9 Å². The molecule has 0 fully saturated rings. The van der Waals surface area contributed by atoms with Crippen molar-refractivity contribution >= 4 is 22.5 Å². The largest absolute Gasteiger partial charge is 0.433 e. The molecule has 0 bridgehead atoms. The smallest absolute Gasteiger partial charge is 0.393 e. The zero-order valence-corrected chi connectivity index (χ0v) is 19.0. The van der Waals surface area contributed by atoms with Crippen LogP contribution in [0, 0.1) is 12.3 Å². The fraction of sp³-hybridized carbons (Fsp3) is 0.375. The molecule has 35 heavy (non-hydrogen) atoms. The van der Waals surface area contributed by atoms with Crippen molar-refractivity contribution in [2.45, 2.75) is 32.2 Å². The van der Waals surface area contributed by atoms with Crippen molar-refractivity contribution in [2.75, 3.05) is 31.7 Å². The molecule has 0 radical (unpaired) electrons. The van der Waals surface area contributed by atoms with E-state index in [0.717, 1.165) is 12.1 Å². The second-order valence-corrected chi connectivity index (χ2v) is 7.74. The minimum Gasteiger partial charge on any atom is -0.393 e. The van der Waals surface area contributed by atoms with Crippen LogP contribution in [0.4, 0.5) is 18.9 Å². The van der Waals surface area contributed by atoms with Crippen molar-refractivity contribution < 1.29 is 32.5 Å². The number of rotatable bonds is 11. The number of carbonyl (C=O) groups excluding carboxylic acids is 1. The number of nitrogens with one attached hydrogen (secondary N) is 1. The summed E-state index contributed by atoms with van der Waals surface area (Å²) in [6, 6.07) is 6.51. The van der Waals surface area contributed by atoms with Crippen molar-refractivity contribution in [3.8, 4) is 12.3 Å². The van der Waals surface area contributed by atoms with Crippen LogP contribution in [0.3, 0.4) is 0 Å². The van der Waals surface area contributed by atoms with E-state index in [-0.39, 0.29) is 18.7 Å². The van der Waals surface area contributed by atoms with E-state index >= 15 is 0 Å². The maximum atomic E-state index is 13.0. The Bertz CT molecular complexity index is 1200. The SMILES string of the molecule is C#CCOCCOCCn1cc2cc(NC(=O)c3cccc(C(F)(F)F)n3)c(CC(C)O)cc2n1. The number of terminal acetylenes is 1. The first kappa shape index (κ1) is 26.2. The van der Waals surface area contributed by atoms with Gasteiger partial charge >= 0.3 is 6.18 Å². The summed E-state index contributed by atoms with van der Waals surface area (Å²) in [5.41, 5.74) is 0.0372. The molecule has 0 aliphatic heterocycles. The number of fused-ring (bicyclic) bond motifs is 1. The Hall–Kier alpha value is -3.46. The van der Waals surface area contributed by atoms with Gasteiger partial charge in [0.2, 0.25) is 0 Å². The van der Waals surface area contributed by atoms with E-state index in [4.69, 9.17) is 15.9 Å². The number of halogens is 3.